The lowest BCUT2D eigenvalue weighted by molar-refractivity contribution is -0.0208. The molecule has 3 heterocycles. The number of carbonyl (C=O) groups is 1. The molecule has 2 aromatic heterocycles. The van der Waals surface area contributed by atoms with Gasteiger partial charge in [0, 0.05) is 18.7 Å². The quantitative estimate of drug-likeness (QED) is 0.249. The lowest BCUT2D eigenvalue weighted by Crippen LogP contribution is -2.52. The molecule has 0 bridgehead atoms. The van der Waals surface area contributed by atoms with Crippen LogP contribution in [0.5, 0.6) is 11.5 Å². The number of benzene rings is 3. The lowest BCUT2D eigenvalue weighted by Gasteiger charge is -2.52. The van der Waals surface area contributed by atoms with Crippen LogP contribution in [-0.4, -0.2) is 43.8 Å². The summed E-state index contributed by atoms with van der Waals surface area (Å²) in [5, 5.41) is 5.79. The molecule has 0 radical (unpaired) electrons. The molecule has 9 nitrogen and oxygen atoms in total. The fourth-order valence-electron chi connectivity index (χ4n) is 6.38. The summed E-state index contributed by atoms with van der Waals surface area (Å²) in [6, 6.07) is 27.5. The highest BCUT2D eigenvalue weighted by atomic mass is 16.6. The van der Waals surface area contributed by atoms with Crippen LogP contribution in [0.15, 0.2) is 91.3 Å². The summed E-state index contributed by atoms with van der Waals surface area (Å²) in [6.07, 6.45) is 5.13. The molecular weight excluding hydrogens is 528 g/mol. The van der Waals surface area contributed by atoms with Crippen LogP contribution in [0.1, 0.15) is 37.3 Å². The highest BCUT2D eigenvalue weighted by Crippen LogP contribution is 2.54. The average Bonchev–Trinajstić information content (AvgIpc) is 3.41. The van der Waals surface area contributed by atoms with Crippen LogP contribution < -0.4 is 10.5 Å². The van der Waals surface area contributed by atoms with Crippen molar-refractivity contribution in [1.29, 1.82) is 0 Å². The Bertz CT molecular complexity index is 1700. The predicted octanol–water partition coefficient (Wildman–Crippen LogP) is 6.62. The summed E-state index contributed by atoms with van der Waals surface area (Å²) in [7, 11) is 0. The van der Waals surface area contributed by atoms with Gasteiger partial charge in [0.15, 0.2) is 5.65 Å². The number of hydrogen-bond acceptors (Lipinski definition) is 7. The van der Waals surface area contributed by atoms with Crippen LogP contribution >= 0.6 is 0 Å². The van der Waals surface area contributed by atoms with Crippen LogP contribution in [0.3, 0.4) is 0 Å². The normalized spacial score (nSPS) is 19.9. The number of fused-ring (bicyclic) bond motifs is 1. The molecule has 1 aliphatic heterocycles. The lowest BCUT2D eigenvalue weighted by atomic mass is 9.61. The van der Waals surface area contributed by atoms with Gasteiger partial charge >= 0.3 is 6.09 Å². The molecule has 1 spiro atoms. The van der Waals surface area contributed by atoms with Gasteiger partial charge in [-0.15, -0.1) is 0 Å². The number of nitrogens with two attached hydrogens (primary N) is 1. The molecule has 42 heavy (non-hydrogen) atoms. The number of amides is 1. The van der Waals surface area contributed by atoms with E-state index in [9.17, 15) is 4.79 Å². The molecule has 2 fully saturated rings. The summed E-state index contributed by atoms with van der Waals surface area (Å²) in [4.78, 5) is 23.6. The van der Waals surface area contributed by atoms with Crippen molar-refractivity contribution in [3.05, 3.63) is 96.8 Å². The zero-order valence-corrected chi connectivity index (χ0v) is 23.2. The van der Waals surface area contributed by atoms with Gasteiger partial charge in [0.05, 0.1) is 11.4 Å². The monoisotopic (exact) mass is 560 g/mol. The topological polar surface area (TPSA) is 108 Å². The largest absolute Gasteiger partial charge is 0.457 e. The Morgan fingerprint density at radius 2 is 1.64 bits per heavy atom. The number of nitrogens with zero attached hydrogens (tertiary/aromatic N) is 5. The summed E-state index contributed by atoms with van der Waals surface area (Å²) < 4.78 is 13.6. The molecule has 1 aliphatic carbocycles. The fourth-order valence-corrected chi connectivity index (χ4v) is 6.38. The molecule has 5 aromatic rings. The maximum absolute atomic E-state index is 12.9. The number of likely N-dealkylation sites (tertiary alicyclic amines) is 1. The van der Waals surface area contributed by atoms with Crippen LogP contribution in [0.4, 0.5) is 10.6 Å². The van der Waals surface area contributed by atoms with Gasteiger partial charge in [-0.25, -0.2) is 19.4 Å². The number of nitrogen functional groups attached to an aromatic ring is 1. The maximum Gasteiger partial charge on any atom is 0.410 e. The number of carbonyl (C=O) groups excluding carboxylic acids is 1. The van der Waals surface area contributed by atoms with Gasteiger partial charge in [-0.05, 0) is 73.1 Å². The molecular formula is C33H32N6O3. The minimum absolute atomic E-state index is 0.0577. The Morgan fingerprint density at radius 1 is 0.929 bits per heavy atom. The average molecular weight is 561 g/mol. The fraction of sp³-hybridized carbons (Fsp3) is 0.273. The van der Waals surface area contributed by atoms with Crippen LogP contribution in [0.25, 0.3) is 22.3 Å². The van der Waals surface area contributed by atoms with E-state index in [1.807, 2.05) is 94.5 Å². The first-order valence-electron chi connectivity index (χ1n) is 14.3. The van der Waals surface area contributed by atoms with E-state index in [-0.39, 0.29) is 24.2 Å². The van der Waals surface area contributed by atoms with E-state index in [2.05, 4.69) is 9.97 Å². The SMILES string of the molecule is Nc1ncnc2c1c(-c1ccc(Oc3ccccc3)cc1)nn2C1CC2(CCCN(C(=O)OCc3ccccc3)C2)C1. The number of anilines is 1. The third-order valence-electron chi connectivity index (χ3n) is 8.43. The van der Waals surface area contributed by atoms with Crippen molar-refractivity contribution in [2.24, 2.45) is 5.41 Å². The van der Waals surface area contributed by atoms with Crippen molar-refractivity contribution < 1.29 is 14.3 Å². The molecule has 0 unspecified atom stereocenters. The van der Waals surface area contributed by atoms with Gasteiger partial charge in [-0.1, -0.05) is 48.5 Å². The second kappa shape index (κ2) is 10.8. The third-order valence-corrected chi connectivity index (χ3v) is 8.43. The van der Waals surface area contributed by atoms with Crippen molar-refractivity contribution in [3.8, 4) is 22.8 Å². The van der Waals surface area contributed by atoms with E-state index in [0.29, 0.717) is 12.4 Å². The predicted molar refractivity (Wildman–Crippen MR) is 160 cm³/mol. The van der Waals surface area contributed by atoms with Gasteiger partial charge in [0.25, 0.3) is 0 Å². The van der Waals surface area contributed by atoms with Crippen LogP contribution in [0.2, 0.25) is 0 Å². The Kier molecular flexibility index (Phi) is 6.70. The van der Waals surface area contributed by atoms with Crippen LogP contribution in [-0.2, 0) is 11.3 Å². The minimum Gasteiger partial charge on any atom is -0.457 e. The van der Waals surface area contributed by atoms with Gasteiger partial charge < -0.3 is 20.1 Å². The van der Waals surface area contributed by atoms with Gasteiger partial charge in [-0.2, -0.15) is 5.10 Å². The molecule has 7 rings (SSSR count). The maximum atomic E-state index is 12.9. The standard InChI is InChI=1S/C33H32N6O3/c34-30-28-29(24-12-14-27(15-13-24)42-26-10-5-2-6-11-26)37-39(31(28)36-22-35-30)25-18-33(19-25)16-7-17-38(21-33)32(40)41-20-23-8-3-1-4-9-23/h1-6,8-15,22,25H,7,16-21H2,(H2,34,35,36). The van der Waals surface area contributed by atoms with Crippen molar-refractivity contribution in [2.75, 3.05) is 18.8 Å². The molecule has 1 amide bonds. The van der Waals surface area contributed by atoms with E-state index >= 15 is 0 Å². The number of rotatable bonds is 6. The molecule has 2 aliphatic rings. The zero-order chi connectivity index (χ0) is 28.5. The molecule has 212 valence electrons. The Hall–Kier alpha value is -4.92. The first-order valence-corrected chi connectivity index (χ1v) is 14.3. The minimum atomic E-state index is -0.242. The molecule has 2 N–H and O–H groups in total. The van der Waals surface area contributed by atoms with Gasteiger partial charge in [-0.3, -0.25) is 0 Å². The van der Waals surface area contributed by atoms with E-state index < -0.39 is 0 Å². The van der Waals surface area contributed by atoms with Crippen molar-refractivity contribution in [1.82, 2.24) is 24.6 Å². The van der Waals surface area contributed by atoms with Gasteiger partial charge in [0.2, 0.25) is 0 Å². The second-order valence-corrected chi connectivity index (χ2v) is 11.3. The van der Waals surface area contributed by atoms with Crippen LogP contribution in [0, 0.1) is 5.41 Å². The first-order chi connectivity index (χ1) is 20.6. The molecule has 1 saturated carbocycles. The molecule has 3 aromatic carbocycles. The third kappa shape index (κ3) is 5.02. The molecule has 9 heteroatoms. The molecule has 0 atom stereocenters. The summed E-state index contributed by atoms with van der Waals surface area (Å²) in [5.41, 5.74) is 9.82. The number of ether oxygens (including phenoxy) is 2. The van der Waals surface area contributed by atoms with E-state index in [1.165, 1.54) is 6.33 Å². The van der Waals surface area contributed by atoms with Gasteiger partial charge in [0.1, 0.15) is 35.9 Å². The van der Waals surface area contributed by atoms with E-state index in [0.717, 1.165) is 71.6 Å². The summed E-state index contributed by atoms with van der Waals surface area (Å²) in [5.74, 6) is 1.93. The smallest absolute Gasteiger partial charge is 0.410 e. The van der Waals surface area contributed by atoms with Crippen molar-refractivity contribution >= 4 is 22.9 Å². The number of hydrogen-bond donors (Lipinski definition) is 1. The Morgan fingerprint density at radius 3 is 2.40 bits per heavy atom. The van der Waals surface area contributed by atoms with Crippen molar-refractivity contribution in [3.63, 3.8) is 0 Å². The molecule has 1 saturated heterocycles. The Labute approximate surface area is 243 Å². The first kappa shape index (κ1) is 26.0. The van der Waals surface area contributed by atoms with Crippen molar-refractivity contribution in [2.45, 2.75) is 38.3 Å². The summed E-state index contributed by atoms with van der Waals surface area (Å²) >= 11 is 0. The second-order valence-electron chi connectivity index (χ2n) is 11.3. The highest BCUT2D eigenvalue weighted by Gasteiger charge is 2.49. The number of aromatic nitrogens is 4. The Balaban J connectivity index is 1.07. The zero-order valence-electron chi connectivity index (χ0n) is 23.2. The summed E-state index contributed by atoms with van der Waals surface area (Å²) in [6.45, 7) is 1.71. The number of piperidine rings is 1. The number of para-hydroxylation sites is 1. The van der Waals surface area contributed by atoms with E-state index in [1.54, 1.807) is 0 Å². The highest BCUT2D eigenvalue weighted by molar-refractivity contribution is 5.98. The van der Waals surface area contributed by atoms with E-state index in [4.69, 9.17) is 20.3 Å².